The molecule has 5 rings (SSSR count). The van der Waals surface area contributed by atoms with Gasteiger partial charge in [-0.15, -0.1) is 10.2 Å². The maximum absolute atomic E-state index is 13.4. The molecule has 4 aromatic rings. The lowest BCUT2D eigenvalue weighted by Crippen LogP contribution is -2.26. The van der Waals surface area contributed by atoms with Crippen LogP contribution in [0, 0.1) is 0 Å². The van der Waals surface area contributed by atoms with Gasteiger partial charge in [-0.2, -0.15) is 0 Å². The molecule has 0 spiro atoms. The van der Waals surface area contributed by atoms with Gasteiger partial charge in [-0.1, -0.05) is 28.1 Å². The average molecular weight is 454 g/mol. The zero-order valence-electron chi connectivity index (χ0n) is 16.0. The molecule has 0 saturated carbocycles. The highest BCUT2D eigenvalue weighted by molar-refractivity contribution is 9.10. The second-order valence-corrected chi connectivity index (χ2v) is 8.15. The number of hydrogen-bond acceptors (Lipinski definition) is 5. The van der Waals surface area contributed by atoms with Crippen molar-refractivity contribution in [3.63, 3.8) is 0 Å². The molecule has 2 aromatic carbocycles. The van der Waals surface area contributed by atoms with E-state index < -0.39 is 0 Å². The Morgan fingerprint density at radius 1 is 1.07 bits per heavy atom. The Kier molecular flexibility index (Phi) is 4.50. The van der Waals surface area contributed by atoms with Gasteiger partial charge in [-0.3, -0.25) is 9.36 Å². The SMILES string of the molecule is COc1ccc(Cn2c(=O)c3cc(Br)ccc3n3c(N4CCCC4)nnc23)cc1. The molecule has 1 aliphatic heterocycles. The summed E-state index contributed by atoms with van der Waals surface area (Å²) >= 11 is 3.50. The first-order valence-electron chi connectivity index (χ1n) is 9.61. The molecule has 8 heteroatoms. The van der Waals surface area contributed by atoms with Crippen LogP contribution in [0.15, 0.2) is 51.7 Å². The lowest BCUT2D eigenvalue weighted by Gasteiger charge is -2.17. The highest BCUT2D eigenvalue weighted by Gasteiger charge is 2.22. The number of rotatable bonds is 4. The predicted molar refractivity (Wildman–Crippen MR) is 116 cm³/mol. The molecule has 148 valence electrons. The first-order valence-corrected chi connectivity index (χ1v) is 10.4. The minimum absolute atomic E-state index is 0.0787. The summed E-state index contributed by atoms with van der Waals surface area (Å²) in [5.41, 5.74) is 1.74. The van der Waals surface area contributed by atoms with Crippen LogP contribution in [0.2, 0.25) is 0 Å². The van der Waals surface area contributed by atoms with E-state index in [9.17, 15) is 4.79 Å². The third-order valence-corrected chi connectivity index (χ3v) is 5.93. The molecule has 1 fully saturated rings. The van der Waals surface area contributed by atoms with Crippen molar-refractivity contribution in [3.8, 4) is 5.75 Å². The Morgan fingerprint density at radius 3 is 2.55 bits per heavy atom. The summed E-state index contributed by atoms with van der Waals surface area (Å²) in [5.74, 6) is 2.14. The third kappa shape index (κ3) is 3.07. The lowest BCUT2D eigenvalue weighted by molar-refractivity contribution is 0.414. The van der Waals surface area contributed by atoms with Gasteiger partial charge in [-0.25, -0.2) is 4.40 Å². The van der Waals surface area contributed by atoms with Gasteiger partial charge in [0, 0.05) is 17.6 Å². The van der Waals surface area contributed by atoms with E-state index >= 15 is 0 Å². The van der Waals surface area contributed by atoms with Gasteiger partial charge in [-0.05, 0) is 48.7 Å². The summed E-state index contributed by atoms with van der Waals surface area (Å²) in [5, 5.41) is 9.53. The summed E-state index contributed by atoms with van der Waals surface area (Å²) in [6.45, 7) is 2.32. The van der Waals surface area contributed by atoms with E-state index in [1.165, 1.54) is 0 Å². The topological polar surface area (TPSA) is 64.7 Å². The van der Waals surface area contributed by atoms with Gasteiger partial charge in [0.05, 0.1) is 24.6 Å². The number of anilines is 1. The van der Waals surface area contributed by atoms with Crippen LogP contribution in [0.5, 0.6) is 5.75 Å². The number of halogens is 1. The van der Waals surface area contributed by atoms with Crippen molar-refractivity contribution in [2.75, 3.05) is 25.1 Å². The summed E-state index contributed by atoms with van der Waals surface area (Å²) < 4.78 is 9.82. The van der Waals surface area contributed by atoms with Crippen LogP contribution in [0.25, 0.3) is 16.7 Å². The predicted octanol–water partition coefficient (Wildman–Crippen LogP) is 3.46. The van der Waals surface area contributed by atoms with Gasteiger partial charge in [0.1, 0.15) is 5.75 Å². The lowest BCUT2D eigenvalue weighted by atomic mass is 10.2. The molecule has 3 heterocycles. The normalized spacial score (nSPS) is 14.2. The van der Waals surface area contributed by atoms with E-state index in [-0.39, 0.29) is 5.56 Å². The number of nitrogens with zero attached hydrogens (tertiary/aromatic N) is 5. The Balaban J connectivity index is 1.75. The van der Waals surface area contributed by atoms with Crippen molar-refractivity contribution in [1.29, 1.82) is 0 Å². The van der Waals surface area contributed by atoms with E-state index in [1.807, 2.05) is 46.9 Å². The molecule has 1 aliphatic rings. The molecule has 0 unspecified atom stereocenters. The van der Waals surface area contributed by atoms with Crippen LogP contribution in [0.1, 0.15) is 18.4 Å². The number of fused-ring (bicyclic) bond motifs is 3. The number of methoxy groups -OCH3 is 1. The maximum atomic E-state index is 13.4. The Bertz CT molecular complexity index is 1260. The summed E-state index contributed by atoms with van der Waals surface area (Å²) in [7, 11) is 1.64. The van der Waals surface area contributed by atoms with E-state index in [0.717, 1.165) is 53.2 Å². The van der Waals surface area contributed by atoms with Gasteiger partial charge < -0.3 is 9.64 Å². The number of benzene rings is 2. The largest absolute Gasteiger partial charge is 0.497 e. The Hall–Kier alpha value is -2.87. The molecule has 7 nitrogen and oxygen atoms in total. The molecule has 1 saturated heterocycles. The Morgan fingerprint density at radius 2 is 1.83 bits per heavy atom. The minimum Gasteiger partial charge on any atom is -0.497 e. The first kappa shape index (κ1) is 18.2. The third-order valence-electron chi connectivity index (χ3n) is 5.43. The zero-order valence-corrected chi connectivity index (χ0v) is 17.6. The van der Waals surface area contributed by atoms with Gasteiger partial charge >= 0.3 is 0 Å². The average Bonchev–Trinajstić information content (AvgIpc) is 3.41. The van der Waals surface area contributed by atoms with E-state index in [2.05, 4.69) is 31.0 Å². The molecule has 0 bridgehead atoms. The Labute approximate surface area is 175 Å². The number of ether oxygens (including phenoxy) is 1. The maximum Gasteiger partial charge on any atom is 0.263 e. The first-order chi connectivity index (χ1) is 14.2. The number of aromatic nitrogens is 4. The van der Waals surface area contributed by atoms with Crippen molar-refractivity contribution < 1.29 is 4.74 Å². The van der Waals surface area contributed by atoms with Gasteiger partial charge in [0.25, 0.3) is 5.56 Å². The highest BCUT2D eigenvalue weighted by Crippen LogP contribution is 2.25. The van der Waals surface area contributed by atoms with Crippen molar-refractivity contribution in [3.05, 3.63) is 62.9 Å². The standard InChI is InChI=1S/C21H20BrN5O2/c1-29-16-7-4-14(5-8-16)13-26-19(28)17-12-15(22)6-9-18(17)27-20(23-24-21(26)27)25-10-2-3-11-25/h4-9,12H,2-3,10-11,13H2,1H3. The second-order valence-electron chi connectivity index (χ2n) is 7.23. The molecular formula is C21H20BrN5O2. The van der Waals surface area contributed by atoms with Crippen LogP contribution in [0.3, 0.4) is 0 Å². The fourth-order valence-corrected chi connectivity index (χ4v) is 4.31. The molecule has 0 amide bonds. The van der Waals surface area contributed by atoms with Crippen LogP contribution in [-0.4, -0.2) is 39.4 Å². The fourth-order valence-electron chi connectivity index (χ4n) is 3.95. The van der Waals surface area contributed by atoms with Crippen LogP contribution >= 0.6 is 15.9 Å². The quantitative estimate of drug-likeness (QED) is 0.473. The molecule has 29 heavy (non-hydrogen) atoms. The molecule has 0 aliphatic carbocycles. The fraction of sp³-hybridized carbons (Fsp3) is 0.286. The molecule has 0 radical (unpaired) electrons. The van der Waals surface area contributed by atoms with E-state index in [1.54, 1.807) is 11.7 Å². The van der Waals surface area contributed by atoms with E-state index in [4.69, 9.17) is 4.74 Å². The van der Waals surface area contributed by atoms with Crippen LogP contribution in [-0.2, 0) is 6.54 Å². The van der Waals surface area contributed by atoms with Crippen LogP contribution < -0.4 is 15.2 Å². The monoisotopic (exact) mass is 453 g/mol. The molecule has 0 N–H and O–H groups in total. The molecular weight excluding hydrogens is 434 g/mol. The van der Waals surface area contributed by atoms with E-state index in [0.29, 0.717) is 17.7 Å². The highest BCUT2D eigenvalue weighted by atomic mass is 79.9. The number of hydrogen-bond donors (Lipinski definition) is 0. The van der Waals surface area contributed by atoms with Gasteiger partial charge in [0.15, 0.2) is 0 Å². The van der Waals surface area contributed by atoms with Crippen molar-refractivity contribution in [2.45, 2.75) is 19.4 Å². The summed E-state index contributed by atoms with van der Waals surface area (Å²) in [4.78, 5) is 15.6. The summed E-state index contributed by atoms with van der Waals surface area (Å²) in [6.07, 6.45) is 2.29. The molecule has 2 aromatic heterocycles. The molecule has 0 atom stereocenters. The van der Waals surface area contributed by atoms with Crippen molar-refractivity contribution in [1.82, 2.24) is 19.2 Å². The smallest absolute Gasteiger partial charge is 0.263 e. The zero-order chi connectivity index (χ0) is 20.0. The van der Waals surface area contributed by atoms with Gasteiger partial charge in [0.2, 0.25) is 11.7 Å². The summed E-state index contributed by atoms with van der Waals surface area (Å²) in [6, 6.07) is 13.5. The van der Waals surface area contributed by atoms with Crippen molar-refractivity contribution in [2.24, 2.45) is 0 Å². The van der Waals surface area contributed by atoms with Crippen LogP contribution in [0.4, 0.5) is 5.95 Å². The van der Waals surface area contributed by atoms with Crippen molar-refractivity contribution >= 4 is 38.6 Å². The second kappa shape index (κ2) is 7.18. The minimum atomic E-state index is -0.0787.